The van der Waals surface area contributed by atoms with Crippen molar-refractivity contribution in [3.8, 4) is 0 Å². The average molecular weight is 253 g/mol. The maximum absolute atomic E-state index is 5.62. The van der Waals surface area contributed by atoms with Crippen LogP contribution in [-0.2, 0) is 13.0 Å². The number of hydrogen-bond acceptors (Lipinski definition) is 3. The van der Waals surface area contributed by atoms with Gasteiger partial charge in [0.2, 0.25) is 0 Å². The van der Waals surface area contributed by atoms with Crippen molar-refractivity contribution in [2.45, 2.75) is 19.9 Å². The lowest BCUT2D eigenvalue weighted by atomic mass is 9.94. The highest BCUT2D eigenvalue weighted by molar-refractivity contribution is 5.65. The molecule has 1 aromatic heterocycles. The summed E-state index contributed by atoms with van der Waals surface area (Å²) >= 11 is 0. The van der Waals surface area contributed by atoms with E-state index in [1.54, 1.807) is 0 Å². The maximum atomic E-state index is 5.62. The molecule has 0 spiro atoms. The first-order valence-corrected chi connectivity index (χ1v) is 6.78. The van der Waals surface area contributed by atoms with E-state index in [9.17, 15) is 0 Å². The van der Waals surface area contributed by atoms with Gasteiger partial charge in [-0.3, -0.25) is 0 Å². The molecule has 98 valence electrons. The number of benzene rings is 1. The number of anilines is 2. The summed E-state index contributed by atoms with van der Waals surface area (Å²) in [7, 11) is 0. The number of hydrogen-bond donors (Lipinski definition) is 1. The van der Waals surface area contributed by atoms with E-state index < -0.39 is 0 Å². The molecule has 0 radical (unpaired) electrons. The highest BCUT2D eigenvalue weighted by Crippen LogP contribution is 2.34. The van der Waals surface area contributed by atoms with Crippen LogP contribution in [0.1, 0.15) is 18.1 Å². The smallest absolute Gasteiger partial charge is 0.132 e. The summed E-state index contributed by atoms with van der Waals surface area (Å²) in [6.07, 6.45) is 3.02. The summed E-state index contributed by atoms with van der Waals surface area (Å²) in [5.74, 6) is 1.65. The van der Waals surface area contributed by atoms with Crippen molar-refractivity contribution in [3.63, 3.8) is 0 Å². The molecule has 2 N–H and O–H groups in total. The summed E-state index contributed by atoms with van der Waals surface area (Å²) < 4.78 is 0. The van der Waals surface area contributed by atoms with Crippen LogP contribution in [0.4, 0.5) is 11.5 Å². The molecule has 1 atom stereocenters. The largest absolute Gasteiger partial charge is 0.326 e. The molecule has 3 rings (SSSR count). The first-order chi connectivity index (χ1) is 9.28. The number of nitrogens with zero attached hydrogens (tertiary/aromatic N) is 2. The van der Waals surface area contributed by atoms with Gasteiger partial charge in [0.1, 0.15) is 5.82 Å². The van der Waals surface area contributed by atoms with Gasteiger partial charge in [-0.2, -0.15) is 0 Å². The molecule has 3 heteroatoms. The molecule has 1 aliphatic rings. The van der Waals surface area contributed by atoms with E-state index in [0.717, 1.165) is 24.3 Å². The van der Waals surface area contributed by atoms with E-state index in [1.807, 2.05) is 6.20 Å². The van der Waals surface area contributed by atoms with Gasteiger partial charge in [-0.1, -0.05) is 31.2 Å². The van der Waals surface area contributed by atoms with Crippen LogP contribution in [0.5, 0.6) is 0 Å². The van der Waals surface area contributed by atoms with Crippen LogP contribution < -0.4 is 10.6 Å². The highest BCUT2D eigenvalue weighted by Gasteiger charge is 2.22. The van der Waals surface area contributed by atoms with Gasteiger partial charge in [0, 0.05) is 25.0 Å². The zero-order valence-corrected chi connectivity index (χ0v) is 11.2. The number of aromatic nitrogens is 1. The molecule has 1 aliphatic heterocycles. The molecule has 19 heavy (non-hydrogen) atoms. The van der Waals surface area contributed by atoms with Crippen LogP contribution >= 0.6 is 0 Å². The molecule has 3 nitrogen and oxygen atoms in total. The Balaban J connectivity index is 1.99. The van der Waals surface area contributed by atoms with Crippen LogP contribution in [0, 0.1) is 5.92 Å². The Hall–Kier alpha value is -1.87. The Labute approximate surface area is 114 Å². The van der Waals surface area contributed by atoms with Crippen LogP contribution in [0.15, 0.2) is 42.6 Å². The first-order valence-electron chi connectivity index (χ1n) is 6.78. The van der Waals surface area contributed by atoms with Crippen molar-refractivity contribution in [2.75, 3.05) is 11.4 Å². The summed E-state index contributed by atoms with van der Waals surface area (Å²) in [6, 6.07) is 12.7. The lowest BCUT2D eigenvalue weighted by Crippen LogP contribution is -2.30. The molecule has 0 bridgehead atoms. The van der Waals surface area contributed by atoms with Crippen molar-refractivity contribution in [2.24, 2.45) is 11.7 Å². The number of pyridine rings is 1. The molecular weight excluding hydrogens is 234 g/mol. The van der Waals surface area contributed by atoms with E-state index in [4.69, 9.17) is 5.73 Å². The molecule has 0 saturated heterocycles. The highest BCUT2D eigenvalue weighted by atomic mass is 15.2. The second-order valence-electron chi connectivity index (χ2n) is 5.28. The normalized spacial score (nSPS) is 18.2. The summed E-state index contributed by atoms with van der Waals surface area (Å²) in [6.45, 7) is 3.85. The van der Waals surface area contributed by atoms with Gasteiger partial charge >= 0.3 is 0 Å². The van der Waals surface area contributed by atoms with Gasteiger partial charge in [-0.25, -0.2) is 4.98 Å². The standard InChI is InChI=1S/C16H19N3/c1-12-8-14-4-2-3-5-15(14)19(11-12)16-7-6-13(9-17)10-18-16/h2-7,10,12H,8-9,11,17H2,1H3. The quantitative estimate of drug-likeness (QED) is 0.895. The molecule has 0 aliphatic carbocycles. The van der Waals surface area contributed by atoms with Crippen molar-refractivity contribution in [3.05, 3.63) is 53.7 Å². The van der Waals surface area contributed by atoms with Crippen molar-refractivity contribution < 1.29 is 0 Å². The van der Waals surface area contributed by atoms with Crippen molar-refractivity contribution >= 4 is 11.5 Å². The Kier molecular flexibility index (Phi) is 3.22. The minimum Gasteiger partial charge on any atom is -0.326 e. The number of para-hydroxylation sites is 1. The van der Waals surface area contributed by atoms with E-state index in [2.05, 4.69) is 53.2 Å². The molecule has 2 aromatic rings. The zero-order chi connectivity index (χ0) is 13.2. The molecular formula is C16H19N3. The third-order valence-corrected chi connectivity index (χ3v) is 3.67. The average Bonchev–Trinajstić information content (AvgIpc) is 2.46. The van der Waals surface area contributed by atoms with Gasteiger partial charge in [0.05, 0.1) is 0 Å². The molecule has 2 heterocycles. The van der Waals surface area contributed by atoms with Gasteiger partial charge in [0.25, 0.3) is 0 Å². The molecule has 0 amide bonds. The molecule has 1 aromatic carbocycles. The topological polar surface area (TPSA) is 42.1 Å². The number of fused-ring (bicyclic) bond motifs is 1. The molecule has 1 unspecified atom stereocenters. The fourth-order valence-corrected chi connectivity index (χ4v) is 2.71. The fraction of sp³-hybridized carbons (Fsp3) is 0.312. The second-order valence-corrected chi connectivity index (χ2v) is 5.28. The Bertz CT molecular complexity index is 562. The van der Waals surface area contributed by atoms with Gasteiger partial charge in [-0.15, -0.1) is 0 Å². The SMILES string of the molecule is CC1Cc2ccccc2N(c2ccc(CN)cn2)C1. The number of rotatable bonds is 2. The monoisotopic (exact) mass is 253 g/mol. The Morgan fingerprint density at radius 2 is 2.11 bits per heavy atom. The fourth-order valence-electron chi connectivity index (χ4n) is 2.71. The van der Waals surface area contributed by atoms with E-state index in [0.29, 0.717) is 12.5 Å². The maximum Gasteiger partial charge on any atom is 0.132 e. The Morgan fingerprint density at radius 1 is 1.26 bits per heavy atom. The van der Waals surface area contributed by atoms with Crippen molar-refractivity contribution in [1.29, 1.82) is 0 Å². The van der Waals surface area contributed by atoms with Crippen LogP contribution in [0.3, 0.4) is 0 Å². The third kappa shape index (κ3) is 2.34. The summed E-state index contributed by atoms with van der Waals surface area (Å²) in [5.41, 5.74) is 9.39. The van der Waals surface area contributed by atoms with Gasteiger partial charge in [0.15, 0.2) is 0 Å². The second kappa shape index (κ2) is 5.02. The lowest BCUT2D eigenvalue weighted by Gasteiger charge is -2.34. The van der Waals surface area contributed by atoms with Crippen LogP contribution in [0.25, 0.3) is 0 Å². The van der Waals surface area contributed by atoms with Crippen LogP contribution in [0.2, 0.25) is 0 Å². The lowest BCUT2D eigenvalue weighted by molar-refractivity contribution is 0.560. The number of nitrogens with two attached hydrogens (primary N) is 1. The predicted molar refractivity (Wildman–Crippen MR) is 78.4 cm³/mol. The summed E-state index contributed by atoms with van der Waals surface area (Å²) in [5, 5.41) is 0. The van der Waals surface area contributed by atoms with E-state index >= 15 is 0 Å². The van der Waals surface area contributed by atoms with E-state index in [-0.39, 0.29) is 0 Å². The first kappa shape index (κ1) is 12.2. The minimum absolute atomic E-state index is 0.542. The van der Waals surface area contributed by atoms with Crippen LogP contribution in [-0.4, -0.2) is 11.5 Å². The minimum atomic E-state index is 0.542. The Morgan fingerprint density at radius 3 is 2.84 bits per heavy atom. The molecule has 0 fully saturated rings. The summed E-state index contributed by atoms with van der Waals surface area (Å²) in [4.78, 5) is 6.86. The zero-order valence-electron chi connectivity index (χ0n) is 11.2. The van der Waals surface area contributed by atoms with Crippen molar-refractivity contribution in [1.82, 2.24) is 4.98 Å². The third-order valence-electron chi connectivity index (χ3n) is 3.67. The van der Waals surface area contributed by atoms with Gasteiger partial charge in [-0.05, 0) is 35.6 Å². The van der Waals surface area contributed by atoms with E-state index in [1.165, 1.54) is 11.3 Å². The van der Waals surface area contributed by atoms with Gasteiger partial charge < -0.3 is 10.6 Å². The predicted octanol–water partition coefficient (Wildman–Crippen LogP) is 2.87. The molecule has 0 saturated carbocycles.